The normalized spacial score (nSPS) is 14.8. The van der Waals surface area contributed by atoms with Gasteiger partial charge in [-0.3, -0.25) is 4.98 Å². The van der Waals surface area contributed by atoms with Crippen molar-refractivity contribution in [1.82, 2.24) is 49.8 Å². The van der Waals surface area contributed by atoms with E-state index in [1.165, 1.54) is 6.20 Å². The number of aromatic nitrogens is 9. The van der Waals surface area contributed by atoms with Crippen molar-refractivity contribution >= 4 is 46.4 Å². The number of piperidine rings is 1. The average molecular weight is 849 g/mol. The number of nitrogen functional groups attached to an aromatic ring is 2. The maximum Gasteiger partial charge on any atom is 0.281 e. The van der Waals surface area contributed by atoms with E-state index in [0.29, 0.717) is 101 Å². The molecule has 2 aliphatic rings. The van der Waals surface area contributed by atoms with Crippen LogP contribution in [0.2, 0.25) is 5.15 Å². The maximum absolute atomic E-state index is 14.0. The molecule has 0 radical (unpaired) electrons. The van der Waals surface area contributed by atoms with Crippen LogP contribution in [0.5, 0.6) is 5.75 Å². The Morgan fingerprint density at radius 2 is 1.65 bits per heavy atom. The lowest BCUT2D eigenvalue weighted by molar-refractivity contribution is 0.0603. The number of hydrogen-bond donors (Lipinski definition) is 3. The zero-order chi connectivity index (χ0) is 42.2. The second kappa shape index (κ2) is 19.6. The number of nitrogens with zero attached hydrogens (tertiary/aromatic N) is 11. The molecular weight excluding hydrogens is 802 g/mol. The summed E-state index contributed by atoms with van der Waals surface area (Å²) < 4.78 is 52.4. The zero-order valence-corrected chi connectivity index (χ0v) is 34.4. The van der Waals surface area contributed by atoms with Crippen molar-refractivity contribution in [3.63, 3.8) is 0 Å². The Kier molecular flexibility index (Phi) is 13.9. The number of nitrogens with two attached hydrogens (primary N) is 2. The molecule has 5 N–H and O–H groups in total. The number of rotatable bonds is 15. The van der Waals surface area contributed by atoms with Gasteiger partial charge in [-0.25, -0.2) is 23.7 Å². The van der Waals surface area contributed by atoms with Gasteiger partial charge in [0.1, 0.15) is 28.9 Å². The third-order valence-corrected chi connectivity index (χ3v) is 10.4. The molecule has 318 valence electrons. The number of hydrogen-bond acceptors (Lipinski definition) is 17. The van der Waals surface area contributed by atoms with Crippen LogP contribution in [-0.2, 0) is 20.8 Å². The Balaban J connectivity index is 0.865. The van der Waals surface area contributed by atoms with Crippen molar-refractivity contribution in [2.24, 2.45) is 0 Å². The van der Waals surface area contributed by atoms with E-state index in [4.69, 9.17) is 47.0 Å². The molecule has 5 aromatic heterocycles. The predicted octanol–water partition coefficient (Wildman–Crippen LogP) is 3.38. The van der Waals surface area contributed by atoms with E-state index in [9.17, 15) is 8.78 Å². The Morgan fingerprint density at radius 3 is 2.38 bits per heavy atom. The Hall–Kier alpha value is -5.59. The number of morpholine rings is 1. The van der Waals surface area contributed by atoms with Crippen molar-refractivity contribution in [3.05, 3.63) is 51.8 Å². The van der Waals surface area contributed by atoms with E-state index in [2.05, 4.69) is 52.0 Å². The van der Waals surface area contributed by atoms with E-state index < -0.39 is 12.1 Å². The highest BCUT2D eigenvalue weighted by Crippen LogP contribution is 2.32. The molecule has 2 saturated heterocycles. The van der Waals surface area contributed by atoms with Gasteiger partial charge in [-0.05, 0) is 26.7 Å². The van der Waals surface area contributed by atoms with Gasteiger partial charge in [-0.15, -0.1) is 0 Å². The molecule has 2 fully saturated rings. The van der Waals surface area contributed by atoms with Crippen molar-refractivity contribution in [2.45, 2.75) is 45.7 Å². The van der Waals surface area contributed by atoms with Crippen LogP contribution in [-0.4, -0.2) is 130 Å². The number of fused-ring (bicyclic) bond motifs is 1. The van der Waals surface area contributed by atoms with Crippen molar-refractivity contribution in [3.8, 4) is 29.0 Å². The summed E-state index contributed by atoms with van der Waals surface area (Å²) in [6.07, 6.45) is 3.64. The first-order valence-electron chi connectivity index (χ1n) is 19.5. The van der Waals surface area contributed by atoms with Crippen LogP contribution in [0.4, 0.5) is 32.6 Å². The minimum atomic E-state index is -2.89. The molecule has 0 aromatic carbocycles. The van der Waals surface area contributed by atoms with E-state index in [-0.39, 0.29) is 41.1 Å². The number of anilines is 4. The minimum absolute atomic E-state index is 0.0175. The highest BCUT2D eigenvalue weighted by atomic mass is 35.5. The third kappa shape index (κ3) is 10.0. The lowest BCUT2D eigenvalue weighted by Crippen LogP contribution is -2.44. The van der Waals surface area contributed by atoms with E-state index >= 15 is 0 Å². The first-order chi connectivity index (χ1) is 29.1. The van der Waals surface area contributed by atoms with Gasteiger partial charge in [0.2, 0.25) is 23.8 Å². The Morgan fingerprint density at radius 1 is 0.917 bits per heavy atom. The molecule has 5 aromatic rings. The molecule has 21 heteroatoms. The van der Waals surface area contributed by atoms with E-state index in [1.807, 2.05) is 34.4 Å². The van der Waals surface area contributed by atoms with Gasteiger partial charge < -0.3 is 50.1 Å². The summed E-state index contributed by atoms with van der Waals surface area (Å²) in [4.78, 5) is 38.8. The third-order valence-electron chi connectivity index (χ3n) is 10.2. The highest BCUT2D eigenvalue weighted by Gasteiger charge is 2.27. The van der Waals surface area contributed by atoms with Gasteiger partial charge in [0.25, 0.3) is 6.43 Å². The first-order valence-corrected chi connectivity index (χ1v) is 19.9. The monoisotopic (exact) mass is 848 g/mol. The van der Waals surface area contributed by atoms with Gasteiger partial charge in [0, 0.05) is 68.5 Å². The van der Waals surface area contributed by atoms with Gasteiger partial charge in [0.05, 0.1) is 68.9 Å². The second-order valence-electron chi connectivity index (χ2n) is 14.2. The molecule has 0 saturated carbocycles. The van der Waals surface area contributed by atoms with E-state index in [1.54, 1.807) is 13.3 Å². The molecular formula is C39H47ClF2N14O4. The van der Waals surface area contributed by atoms with Crippen LogP contribution in [0.3, 0.4) is 0 Å². The van der Waals surface area contributed by atoms with Gasteiger partial charge in [0.15, 0.2) is 5.82 Å². The second-order valence-corrected chi connectivity index (χ2v) is 14.5. The largest absolute Gasteiger partial charge is 0.496 e. The quantitative estimate of drug-likeness (QED) is 0.0782. The summed E-state index contributed by atoms with van der Waals surface area (Å²) in [5, 5.41) is 4.37. The molecule has 2 aliphatic heterocycles. The van der Waals surface area contributed by atoms with E-state index in [0.717, 1.165) is 35.4 Å². The molecule has 7 heterocycles. The summed E-state index contributed by atoms with van der Waals surface area (Å²) in [5.74, 6) is 7.67. The Bertz CT molecular complexity index is 2350. The lowest BCUT2D eigenvalue weighted by atomic mass is 10.1. The Labute approximate surface area is 350 Å². The van der Waals surface area contributed by atoms with Crippen LogP contribution in [0, 0.1) is 25.7 Å². The van der Waals surface area contributed by atoms with Crippen molar-refractivity contribution in [1.29, 1.82) is 0 Å². The summed E-state index contributed by atoms with van der Waals surface area (Å²) in [5.41, 5.74) is 15.0. The summed E-state index contributed by atoms with van der Waals surface area (Å²) >= 11 is 6.52. The molecule has 60 heavy (non-hydrogen) atoms. The number of methoxy groups -OCH3 is 1. The first kappa shape index (κ1) is 42.5. The molecule has 0 spiro atoms. The average Bonchev–Trinajstić information content (AvgIpc) is 3.59. The van der Waals surface area contributed by atoms with Crippen LogP contribution >= 0.6 is 11.6 Å². The number of alkyl halides is 2. The fraction of sp³-hybridized carbons (Fsp3) is 0.487. The van der Waals surface area contributed by atoms with Gasteiger partial charge in [-0.1, -0.05) is 23.4 Å². The van der Waals surface area contributed by atoms with Gasteiger partial charge in [-0.2, -0.15) is 19.9 Å². The maximum atomic E-state index is 14.0. The highest BCUT2D eigenvalue weighted by molar-refractivity contribution is 6.34. The number of nitrogens with one attached hydrogen (secondary N) is 1. The topological polar surface area (TPSA) is 216 Å². The zero-order valence-electron chi connectivity index (χ0n) is 33.6. The van der Waals surface area contributed by atoms with Crippen LogP contribution in [0.15, 0.2) is 18.6 Å². The van der Waals surface area contributed by atoms with Gasteiger partial charge >= 0.3 is 0 Å². The molecule has 7 rings (SSSR count). The number of ether oxygens (including phenoxy) is 4. The number of pyridine rings is 1. The molecule has 0 bridgehead atoms. The molecule has 0 aliphatic carbocycles. The number of halogens is 3. The SMILES string of the molecule is COc1c(C)cnc(Cn2cc(C#CCOCCOCCNC3CCN(c4nc(-c5cnc(N)nc5C(F)F)nc(N5CCOCC5)n4)CC3)c3c(Cl)nc(N)nc32)c1C. The fourth-order valence-electron chi connectivity index (χ4n) is 7.13. The molecule has 18 nitrogen and oxygen atoms in total. The fourth-order valence-corrected chi connectivity index (χ4v) is 7.40. The van der Waals surface area contributed by atoms with Crippen molar-refractivity contribution < 1.29 is 27.7 Å². The number of aryl methyl sites for hydroxylation is 1. The van der Waals surface area contributed by atoms with Crippen molar-refractivity contribution in [2.75, 3.05) is 101 Å². The van der Waals surface area contributed by atoms with Crippen LogP contribution in [0.1, 0.15) is 47.3 Å². The summed E-state index contributed by atoms with van der Waals surface area (Å²) in [6, 6.07) is 0.258. The molecule has 0 unspecified atom stereocenters. The summed E-state index contributed by atoms with van der Waals surface area (Å²) in [6.45, 7) is 9.94. The van der Waals surface area contributed by atoms with Crippen LogP contribution in [0.25, 0.3) is 22.4 Å². The van der Waals surface area contributed by atoms with Crippen LogP contribution < -0.4 is 31.3 Å². The predicted molar refractivity (Wildman–Crippen MR) is 221 cm³/mol. The standard InChI is InChI=1S/C39H47ClF2N14O4/c1-23-19-46-28(24(2)31(23)57-3)22-56-21-25(29-32(40)49-37(44)52-35(29)56)5-4-13-58-17-18-59-14-8-45-26-6-9-54(10-7-26)38-50-34(27-20-47-36(43)48-30(27)33(41)42)51-39(53-38)55-11-15-60-16-12-55/h19-21,26,33,45H,6-18,22H2,1-3H3,(H2,43,47,48)(H2,44,49,52). The molecule has 0 atom stereocenters. The smallest absolute Gasteiger partial charge is 0.281 e. The summed E-state index contributed by atoms with van der Waals surface area (Å²) in [7, 11) is 1.64. The minimum Gasteiger partial charge on any atom is -0.496 e. The molecule has 0 amide bonds. The lowest BCUT2D eigenvalue weighted by Gasteiger charge is -2.33.